The Morgan fingerprint density at radius 1 is 0.971 bits per heavy atom. The van der Waals surface area contributed by atoms with Gasteiger partial charge in [-0.1, -0.05) is 43.5 Å². The van der Waals surface area contributed by atoms with Gasteiger partial charge in [0, 0.05) is 31.1 Å². The zero-order valence-corrected chi connectivity index (χ0v) is 20.1. The number of urea groups is 1. The number of hydrogen-bond acceptors (Lipinski definition) is 5. The Morgan fingerprint density at radius 2 is 1.71 bits per heavy atom. The fourth-order valence-electron chi connectivity index (χ4n) is 4.75. The van der Waals surface area contributed by atoms with Gasteiger partial charge in [-0.15, -0.1) is 0 Å². The number of piperidine rings is 1. The van der Waals surface area contributed by atoms with Crippen LogP contribution in [0.3, 0.4) is 0 Å². The molecule has 1 saturated carbocycles. The summed E-state index contributed by atoms with van der Waals surface area (Å²) in [5.41, 5.74) is 1.17. The highest BCUT2D eigenvalue weighted by atomic mass is 32.2. The van der Waals surface area contributed by atoms with Crippen LogP contribution >= 0.6 is 0 Å². The zero-order chi connectivity index (χ0) is 24.0. The molecule has 2 aromatic rings. The smallest absolute Gasteiger partial charge is 0.329 e. The van der Waals surface area contributed by atoms with Crippen LogP contribution in [-0.4, -0.2) is 55.3 Å². The second-order valence-corrected chi connectivity index (χ2v) is 10.9. The maximum Gasteiger partial charge on any atom is 0.329 e. The van der Waals surface area contributed by atoms with Crippen molar-refractivity contribution in [1.82, 2.24) is 24.6 Å². The summed E-state index contributed by atoms with van der Waals surface area (Å²) in [5, 5.41) is 6.69. The monoisotopic (exact) mass is 487 g/mol. The Morgan fingerprint density at radius 3 is 2.47 bits per heavy atom. The highest BCUT2D eigenvalue weighted by Crippen LogP contribution is 2.22. The molecule has 10 heteroatoms. The van der Waals surface area contributed by atoms with Crippen LogP contribution in [0.4, 0.5) is 4.79 Å². The van der Waals surface area contributed by atoms with Gasteiger partial charge in [0.15, 0.2) is 0 Å². The minimum atomic E-state index is -3.85. The Kier molecular flexibility index (Phi) is 7.99. The van der Waals surface area contributed by atoms with E-state index >= 15 is 0 Å². The van der Waals surface area contributed by atoms with Gasteiger partial charge in [0.25, 0.3) is 5.91 Å². The summed E-state index contributed by atoms with van der Waals surface area (Å²) in [7, 11) is -3.85. The molecule has 1 aromatic heterocycles. The molecule has 1 aliphatic heterocycles. The van der Waals surface area contributed by atoms with Crippen molar-refractivity contribution in [2.24, 2.45) is 5.92 Å². The van der Waals surface area contributed by atoms with E-state index in [1.807, 2.05) is 30.3 Å². The molecule has 3 N–H and O–H groups in total. The highest BCUT2D eigenvalue weighted by Gasteiger charge is 2.30. The number of pyridine rings is 1. The standard InChI is InChI=1S/C24H33N5O4S/c30-23(22-11-10-19-6-4-5-9-21(19)27-22)25-15-12-18-13-16-29(17-14-18)34(32,33)28-24(31)26-20-7-2-1-3-8-20/h4-6,9-11,18,20H,1-3,7-8,12-17H2,(H,25,30)(H2,26,28,31). The van der Waals surface area contributed by atoms with Crippen LogP contribution in [0.1, 0.15) is 61.9 Å². The zero-order valence-electron chi connectivity index (χ0n) is 19.3. The lowest BCUT2D eigenvalue weighted by atomic mass is 9.95. The molecule has 1 aliphatic carbocycles. The van der Waals surface area contributed by atoms with E-state index in [9.17, 15) is 18.0 Å². The molecule has 0 spiro atoms. The normalized spacial score (nSPS) is 18.5. The maximum atomic E-state index is 12.6. The van der Waals surface area contributed by atoms with Crippen molar-refractivity contribution in [1.29, 1.82) is 0 Å². The lowest BCUT2D eigenvalue weighted by Gasteiger charge is -2.31. The van der Waals surface area contributed by atoms with Crippen LogP contribution in [0.2, 0.25) is 0 Å². The molecule has 2 heterocycles. The van der Waals surface area contributed by atoms with Gasteiger partial charge >= 0.3 is 16.2 Å². The summed E-state index contributed by atoms with van der Waals surface area (Å²) in [6.07, 6.45) is 7.22. The predicted molar refractivity (Wildman–Crippen MR) is 130 cm³/mol. The molecule has 0 radical (unpaired) electrons. The minimum absolute atomic E-state index is 0.0507. The summed E-state index contributed by atoms with van der Waals surface area (Å²) >= 11 is 0. The van der Waals surface area contributed by atoms with Crippen LogP contribution in [0.25, 0.3) is 10.9 Å². The van der Waals surface area contributed by atoms with Crippen molar-refractivity contribution >= 4 is 33.1 Å². The van der Waals surface area contributed by atoms with Gasteiger partial charge in [-0.3, -0.25) is 4.79 Å². The van der Waals surface area contributed by atoms with Crippen molar-refractivity contribution in [3.63, 3.8) is 0 Å². The fraction of sp³-hybridized carbons (Fsp3) is 0.542. The van der Waals surface area contributed by atoms with Crippen molar-refractivity contribution in [2.75, 3.05) is 19.6 Å². The van der Waals surface area contributed by atoms with Gasteiger partial charge in [-0.2, -0.15) is 12.7 Å². The van der Waals surface area contributed by atoms with E-state index in [0.29, 0.717) is 44.1 Å². The number of benzene rings is 1. The number of rotatable bonds is 7. The first kappa shape index (κ1) is 24.4. The molecule has 184 valence electrons. The Labute approximate surface area is 200 Å². The molecule has 9 nitrogen and oxygen atoms in total. The first-order chi connectivity index (χ1) is 16.4. The van der Waals surface area contributed by atoms with Crippen LogP contribution < -0.4 is 15.4 Å². The number of carbonyl (C=O) groups excluding carboxylic acids is 2. The summed E-state index contributed by atoms with van der Waals surface area (Å²) < 4.78 is 28.7. The number of amides is 3. The molecule has 0 atom stereocenters. The number of carbonyl (C=O) groups is 2. The summed E-state index contributed by atoms with van der Waals surface area (Å²) in [6.45, 7) is 1.22. The van der Waals surface area contributed by atoms with E-state index in [1.165, 1.54) is 4.31 Å². The molecule has 2 fully saturated rings. The summed E-state index contributed by atoms with van der Waals surface area (Å²) in [4.78, 5) is 29.0. The van der Waals surface area contributed by atoms with Crippen molar-refractivity contribution < 1.29 is 18.0 Å². The Balaban J connectivity index is 1.18. The first-order valence-electron chi connectivity index (χ1n) is 12.1. The topological polar surface area (TPSA) is 121 Å². The molecule has 0 unspecified atom stereocenters. The van der Waals surface area contributed by atoms with Gasteiger partial charge in [-0.05, 0) is 50.2 Å². The molecule has 0 bridgehead atoms. The Hall–Kier alpha value is -2.72. The average molecular weight is 488 g/mol. The van der Waals surface area contributed by atoms with E-state index in [1.54, 1.807) is 6.07 Å². The molecule has 2 aliphatic rings. The van der Waals surface area contributed by atoms with Crippen LogP contribution in [-0.2, 0) is 10.2 Å². The highest BCUT2D eigenvalue weighted by molar-refractivity contribution is 7.87. The maximum absolute atomic E-state index is 12.6. The number of nitrogens with one attached hydrogen (secondary N) is 3. The van der Waals surface area contributed by atoms with E-state index in [2.05, 4.69) is 20.3 Å². The quantitative estimate of drug-likeness (QED) is 0.555. The third-order valence-corrected chi connectivity index (χ3v) is 8.23. The van der Waals surface area contributed by atoms with E-state index in [0.717, 1.165) is 49.4 Å². The van der Waals surface area contributed by atoms with Crippen molar-refractivity contribution in [3.8, 4) is 0 Å². The predicted octanol–water partition coefficient (Wildman–Crippen LogP) is 2.94. The fourth-order valence-corrected chi connectivity index (χ4v) is 5.87. The molecule has 3 amide bonds. The first-order valence-corrected chi connectivity index (χ1v) is 13.6. The lowest BCUT2D eigenvalue weighted by molar-refractivity contribution is 0.0945. The summed E-state index contributed by atoms with van der Waals surface area (Å²) in [6, 6.07) is 10.7. The molecule has 4 rings (SSSR count). The van der Waals surface area contributed by atoms with Crippen LogP contribution in [0.15, 0.2) is 36.4 Å². The van der Waals surface area contributed by atoms with Gasteiger partial charge in [0.2, 0.25) is 0 Å². The van der Waals surface area contributed by atoms with Crippen molar-refractivity contribution in [2.45, 2.75) is 57.4 Å². The summed E-state index contributed by atoms with van der Waals surface area (Å²) in [5.74, 6) is 0.103. The van der Waals surface area contributed by atoms with Crippen LogP contribution in [0, 0.1) is 5.92 Å². The average Bonchev–Trinajstić information content (AvgIpc) is 2.84. The largest absolute Gasteiger partial charge is 0.351 e. The molecule has 1 aromatic carbocycles. The number of fused-ring (bicyclic) bond motifs is 1. The SMILES string of the molecule is O=C(NC1CCCCC1)NS(=O)(=O)N1CCC(CCNC(=O)c2ccc3ccccc3n2)CC1. The third-order valence-electron chi connectivity index (χ3n) is 6.74. The molecule has 1 saturated heterocycles. The number of aromatic nitrogens is 1. The van der Waals surface area contributed by atoms with Gasteiger partial charge in [0.1, 0.15) is 5.69 Å². The molecular formula is C24H33N5O4S. The molecule has 34 heavy (non-hydrogen) atoms. The molecular weight excluding hydrogens is 454 g/mol. The minimum Gasteiger partial charge on any atom is -0.351 e. The van der Waals surface area contributed by atoms with E-state index < -0.39 is 16.2 Å². The van der Waals surface area contributed by atoms with Crippen molar-refractivity contribution in [3.05, 3.63) is 42.1 Å². The van der Waals surface area contributed by atoms with E-state index in [4.69, 9.17) is 0 Å². The van der Waals surface area contributed by atoms with Gasteiger partial charge < -0.3 is 10.6 Å². The van der Waals surface area contributed by atoms with Crippen LogP contribution in [0.5, 0.6) is 0 Å². The number of para-hydroxylation sites is 1. The number of hydrogen-bond donors (Lipinski definition) is 3. The third kappa shape index (κ3) is 6.44. The number of nitrogens with zero attached hydrogens (tertiary/aromatic N) is 2. The van der Waals surface area contributed by atoms with E-state index in [-0.39, 0.29) is 11.9 Å². The van der Waals surface area contributed by atoms with Gasteiger partial charge in [-0.25, -0.2) is 14.5 Å². The van der Waals surface area contributed by atoms with Gasteiger partial charge in [0.05, 0.1) is 5.52 Å². The second kappa shape index (κ2) is 11.1. The Bertz CT molecular complexity index is 1110. The second-order valence-electron chi connectivity index (χ2n) is 9.19. The lowest BCUT2D eigenvalue weighted by Crippen LogP contribution is -2.51.